The summed E-state index contributed by atoms with van der Waals surface area (Å²) in [6.07, 6.45) is 2.68. The van der Waals surface area contributed by atoms with Gasteiger partial charge in [-0.05, 0) is 43.8 Å². The van der Waals surface area contributed by atoms with Gasteiger partial charge in [-0.3, -0.25) is 10.1 Å². The van der Waals surface area contributed by atoms with Crippen LogP contribution >= 0.6 is 0 Å². The van der Waals surface area contributed by atoms with E-state index in [1.165, 1.54) is 24.3 Å². The molecule has 0 amide bonds. The second-order valence-electron chi connectivity index (χ2n) is 6.46. The van der Waals surface area contributed by atoms with Crippen LogP contribution in [0.5, 0.6) is 0 Å². The largest absolute Gasteiger partial charge is 0.376 e. The molecule has 1 unspecified atom stereocenters. The Morgan fingerprint density at radius 3 is 2.75 bits per heavy atom. The van der Waals surface area contributed by atoms with E-state index in [0.717, 1.165) is 32.4 Å². The average molecular weight is 355 g/mol. The van der Waals surface area contributed by atoms with Crippen molar-refractivity contribution in [2.45, 2.75) is 30.3 Å². The number of sulfonamides is 1. The number of benzene rings is 1. The van der Waals surface area contributed by atoms with Crippen molar-refractivity contribution in [3.63, 3.8) is 0 Å². The molecule has 24 heavy (non-hydrogen) atoms. The Hall–Kier alpha value is -1.55. The van der Waals surface area contributed by atoms with Crippen LogP contribution in [0.4, 0.5) is 5.69 Å². The maximum absolute atomic E-state index is 12.4. The maximum atomic E-state index is 12.4. The zero-order chi connectivity index (χ0) is 17.2. The molecule has 3 rings (SSSR count). The van der Waals surface area contributed by atoms with Gasteiger partial charge in [0.25, 0.3) is 5.69 Å². The van der Waals surface area contributed by atoms with Gasteiger partial charge < -0.3 is 10.1 Å². The van der Waals surface area contributed by atoms with Crippen molar-refractivity contribution in [3.05, 3.63) is 34.4 Å². The summed E-state index contributed by atoms with van der Waals surface area (Å²) in [5.41, 5.74) is -0.285. The van der Waals surface area contributed by atoms with Gasteiger partial charge in [0.2, 0.25) is 10.0 Å². The van der Waals surface area contributed by atoms with Crippen LogP contribution in [0.3, 0.4) is 0 Å². The number of nitrogens with one attached hydrogen (secondary N) is 2. The normalized spacial score (nSPS) is 23.4. The van der Waals surface area contributed by atoms with E-state index in [2.05, 4.69) is 10.0 Å². The topological polar surface area (TPSA) is 111 Å². The first-order chi connectivity index (χ1) is 11.4. The van der Waals surface area contributed by atoms with Crippen molar-refractivity contribution < 1.29 is 18.1 Å². The predicted octanol–water partition coefficient (Wildman–Crippen LogP) is 1.03. The van der Waals surface area contributed by atoms with E-state index < -0.39 is 20.6 Å². The summed E-state index contributed by atoms with van der Waals surface area (Å²) in [6.45, 7) is 2.69. The molecule has 1 aromatic carbocycles. The molecule has 2 heterocycles. The van der Waals surface area contributed by atoms with Gasteiger partial charge in [0, 0.05) is 12.6 Å². The third kappa shape index (κ3) is 3.59. The van der Waals surface area contributed by atoms with Gasteiger partial charge in [-0.15, -0.1) is 0 Å². The Kier molecular flexibility index (Phi) is 4.86. The molecular formula is C15H21N3O5S. The number of piperidine rings is 1. The van der Waals surface area contributed by atoms with Gasteiger partial charge in [0.05, 0.1) is 17.6 Å². The molecule has 0 bridgehead atoms. The third-order valence-corrected chi connectivity index (χ3v) is 6.27. The van der Waals surface area contributed by atoms with Crippen LogP contribution in [-0.2, 0) is 14.8 Å². The van der Waals surface area contributed by atoms with Crippen LogP contribution in [0.25, 0.3) is 0 Å². The van der Waals surface area contributed by atoms with Crippen molar-refractivity contribution in [2.24, 2.45) is 5.41 Å². The molecule has 8 nitrogen and oxygen atoms in total. The number of para-hydroxylation sites is 1. The molecule has 2 fully saturated rings. The molecule has 0 radical (unpaired) electrons. The highest BCUT2D eigenvalue weighted by Crippen LogP contribution is 2.40. The maximum Gasteiger partial charge on any atom is 0.289 e. The fourth-order valence-corrected chi connectivity index (χ4v) is 4.68. The number of rotatable bonds is 5. The summed E-state index contributed by atoms with van der Waals surface area (Å²) in [5, 5.41) is 14.3. The van der Waals surface area contributed by atoms with Crippen molar-refractivity contribution in [3.8, 4) is 0 Å². The molecule has 9 heteroatoms. The average Bonchev–Trinajstić information content (AvgIpc) is 2.96. The lowest BCUT2D eigenvalue weighted by atomic mass is 9.77. The first kappa shape index (κ1) is 17.3. The molecular weight excluding hydrogens is 334 g/mol. The number of nitro groups is 1. The molecule has 2 aliphatic rings. The number of ether oxygens (including phenoxy) is 1. The summed E-state index contributed by atoms with van der Waals surface area (Å²) < 4.78 is 33.0. The predicted molar refractivity (Wildman–Crippen MR) is 87.2 cm³/mol. The fraction of sp³-hybridized carbons (Fsp3) is 0.600. The van der Waals surface area contributed by atoms with Crippen molar-refractivity contribution in [1.29, 1.82) is 0 Å². The van der Waals surface area contributed by atoms with E-state index >= 15 is 0 Å². The molecule has 1 aromatic rings. The highest BCUT2D eigenvalue weighted by molar-refractivity contribution is 7.89. The van der Waals surface area contributed by atoms with Crippen molar-refractivity contribution in [1.82, 2.24) is 10.0 Å². The van der Waals surface area contributed by atoms with E-state index in [9.17, 15) is 18.5 Å². The van der Waals surface area contributed by atoms with E-state index in [1.807, 2.05) is 0 Å². The van der Waals surface area contributed by atoms with Gasteiger partial charge in [0.1, 0.15) is 0 Å². The fourth-order valence-electron chi connectivity index (χ4n) is 3.45. The number of nitrogens with zero attached hydrogens (tertiary/aromatic N) is 1. The summed E-state index contributed by atoms with van der Waals surface area (Å²) in [5.74, 6) is 0. The SMILES string of the molecule is O=[N+]([O-])c1ccccc1S(=O)(=O)NCC1CC2(CCNCC2)CO1. The highest BCUT2D eigenvalue weighted by Gasteiger charge is 2.41. The van der Waals surface area contributed by atoms with E-state index in [0.29, 0.717) is 6.61 Å². The first-order valence-electron chi connectivity index (χ1n) is 7.97. The molecule has 1 atom stereocenters. The second-order valence-corrected chi connectivity index (χ2v) is 8.20. The summed E-state index contributed by atoms with van der Waals surface area (Å²) in [6, 6.07) is 5.34. The third-order valence-electron chi connectivity index (χ3n) is 4.80. The second kappa shape index (κ2) is 6.75. The standard InChI is InChI=1S/C15H21N3O5S/c19-18(20)13-3-1-2-4-14(13)24(21,22)17-10-12-9-15(11-23-12)5-7-16-8-6-15/h1-4,12,16-17H,5-11H2. The summed E-state index contributed by atoms with van der Waals surface area (Å²) in [4.78, 5) is 10.0. The molecule has 132 valence electrons. The molecule has 0 aromatic heterocycles. The quantitative estimate of drug-likeness (QED) is 0.603. The smallest absolute Gasteiger partial charge is 0.289 e. The number of nitro benzene ring substituents is 1. The molecule has 2 saturated heterocycles. The minimum absolute atomic E-state index is 0.129. The van der Waals surface area contributed by atoms with Crippen molar-refractivity contribution in [2.75, 3.05) is 26.2 Å². The molecule has 1 spiro atoms. The van der Waals surface area contributed by atoms with Crippen molar-refractivity contribution >= 4 is 15.7 Å². The van der Waals surface area contributed by atoms with Gasteiger partial charge in [-0.25, -0.2) is 13.1 Å². The Bertz CT molecular complexity index is 716. The zero-order valence-electron chi connectivity index (χ0n) is 13.2. The van der Waals surface area contributed by atoms with Gasteiger partial charge >= 0.3 is 0 Å². The lowest BCUT2D eigenvalue weighted by Crippen LogP contribution is -2.38. The molecule has 2 N–H and O–H groups in total. The Labute approximate surface area is 140 Å². The molecule has 0 saturated carbocycles. The van der Waals surface area contributed by atoms with Gasteiger partial charge in [0.15, 0.2) is 4.90 Å². The lowest BCUT2D eigenvalue weighted by Gasteiger charge is -2.32. The van der Waals surface area contributed by atoms with E-state index in [-0.39, 0.29) is 23.0 Å². The van der Waals surface area contributed by atoms with Crippen LogP contribution in [0, 0.1) is 15.5 Å². The molecule has 2 aliphatic heterocycles. The van der Waals surface area contributed by atoms with Crippen LogP contribution < -0.4 is 10.0 Å². The van der Waals surface area contributed by atoms with Gasteiger partial charge in [-0.1, -0.05) is 12.1 Å². The molecule has 0 aliphatic carbocycles. The van der Waals surface area contributed by atoms with E-state index in [1.54, 1.807) is 0 Å². The zero-order valence-corrected chi connectivity index (χ0v) is 14.0. The first-order valence-corrected chi connectivity index (χ1v) is 9.46. The van der Waals surface area contributed by atoms with Crippen LogP contribution in [0.1, 0.15) is 19.3 Å². The minimum atomic E-state index is -3.95. The summed E-state index contributed by atoms with van der Waals surface area (Å²) >= 11 is 0. The lowest BCUT2D eigenvalue weighted by molar-refractivity contribution is -0.387. The number of hydrogen-bond acceptors (Lipinski definition) is 6. The minimum Gasteiger partial charge on any atom is -0.376 e. The Balaban J connectivity index is 1.65. The highest BCUT2D eigenvalue weighted by atomic mass is 32.2. The Morgan fingerprint density at radius 2 is 2.04 bits per heavy atom. The monoisotopic (exact) mass is 355 g/mol. The van der Waals surface area contributed by atoms with Crippen LogP contribution in [0.15, 0.2) is 29.2 Å². The Morgan fingerprint density at radius 1 is 1.33 bits per heavy atom. The van der Waals surface area contributed by atoms with Crippen LogP contribution in [0.2, 0.25) is 0 Å². The summed E-state index contributed by atoms with van der Waals surface area (Å²) in [7, 11) is -3.95. The van der Waals surface area contributed by atoms with Crippen LogP contribution in [-0.4, -0.2) is 45.7 Å². The van der Waals surface area contributed by atoms with E-state index in [4.69, 9.17) is 4.74 Å². The van der Waals surface area contributed by atoms with Gasteiger partial charge in [-0.2, -0.15) is 0 Å². The number of hydrogen-bond donors (Lipinski definition) is 2.